The molecule has 7 atom stereocenters. The zero-order valence-electron chi connectivity index (χ0n) is 54.1. The van der Waals surface area contributed by atoms with Crippen molar-refractivity contribution in [3.63, 3.8) is 0 Å². The Bertz CT molecular complexity index is 4060. The fourth-order valence-corrected chi connectivity index (χ4v) is 12.8. The van der Waals surface area contributed by atoms with Crippen molar-refractivity contribution >= 4 is 110 Å². The largest absolute Gasteiger partial charge is 0.508 e. The Labute approximate surface area is 575 Å². The number of amides is 10. The van der Waals surface area contributed by atoms with Gasteiger partial charge in [0, 0.05) is 101 Å². The number of benzene rings is 4. The van der Waals surface area contributed by atoms with Crippen LogP contribution in [0.15, 0.2) is 110 Å². The van der Waals surface area contributed by atoms with E-state index in [-0.39, 0.29) is 53.8 Å². The molecule has 2 bridgehead atoms. The van der Waals surface area contributed by atoms with Gasteiger partial charge in [-0.15, -0.1) is 0 Å². The number of hydrogen-bond donors (Lipinski definition) is 16. The Hall–Kier alpha value is -10.3. The maximum absolute atomic E-state index is 15.0. The van der Waals surface area contributed by atoms with Gasteiger partial charge < -0.3 is 84.5 Å². The molecule has 0 fully saturated rings. The van der Waals surface area contributed by atoms with Gasteiger partial charge in [0.25, 0.3) is 0 Å². The number of phenols is 1. The standard InChI is InChI=1S/C67H79F2N15O13S2/c1-67(2)66(97)83-55(59(71)90)34-99-33-38-7-5-6-37(20-38)32-98-19-17-56(86)77-49(8-3-4-18-70)60(91)75-31-57(87)78-51(22-39-28-73-47-15-11-41(68)24-45(39)47)61(92)80-52(23-40-29-74-48-16-12-42(69)25-46(40)48)62(93)82-54(27-58(88)89)64(95)81-53(26-43-30-72-35-76-43)63(94)79-50(65(96)84-67)21-36-9-13-44(85)14-10-36/h5-7,9-16,20,24-25,28-30,35,49-55,73-74,85H,3-4,8,17-19,21-23,26-27,31-34,70H2,1-2H3,(H2,71,90)(H,72,76)(H,75,91)(H,77,86)(H,78,87)(H,79,94)(H,80,92)(H,81,95)(H,82,93)(H,83,97)(H,84,96)(H,88,89)/t49-,50-,51-,52-,53-,54-,55-/m0/s1. The molecule has 7 aromatic rings. The normalized spacial score (nSPS) is 21.3. The maximum Gasteiger partial charge on any atom is 0.305 e. The van der Waals surface area contributed by atoms with E-state index >= 15 is 4.79 Å². The van der Waals surface area contributed by atoms with Crippen LogP contribution in [0.5, 0.6) is 5.75 Å². The number of nitrogens with two attached hydrogens (primary N) is 2. The van der Waals surface area contributed by atoms with Crippen molar-refractivity contribution in [2.24, 2.45) is 11.5 Å². The molecule has 0 aliphatic carbocycles. The number of carbonyl (C=O) groups excluding carboxylic acids is 10. The molecular formula is C67H79F2N15O13S2. The summed E-state index contributed by atoms with van der Waals surface area (Å²) in [5.74, 6) is -11.2. The van der Waals surface area contributed by atoms with Gasteiger partial charge in [-0.05, 0) is 116 Å². The van der Waals surface area contributed by atoms with Crippen LogP contribution in [0.25, 0.3) is 21.8 Å². The van der Waals surface area contributed by atoms with E-state index in [1.54, 1.807) is 0 Å². The van der Waals surface area contributed by atoms with Crippen molar-refractivity contribution in [3.8, 4) is 5.75 Å². The number of aromatic amines is 3. The smallest absolute Gasteiger partial charge is 0.305 e. The van der Waals surface area contributed by atoms with E-state index < -0.39 is 150 Å². The third-order valence-corrected chi connectivity index (χ3v) is 18.3. The van der Waals surface area contributed by atoms with Crippen molar-refractivity contribution < 1.29 is 71.7 Å². The van der Waals surface area contributed by atoms with Crippen molar-refractivity contribution in [3.05, 3.63) is 155 Å². The third kappa shape index (κ3) is 22.1. The first kappa shape index (κ1) is 74.5. The number of phenolic OH excluding ortho intramolecular Hbond substituents is 1. The lowest BCUT2D eigenvalue weighted by Crippen LogP contribution is -2.63. The summed E-state index contributed by atoms with van der Waals surface area (Å²) in [6.45, 7) is 2.24. The molecule has 3 aromatic heterocycles. The Kier molecular flexibility index (Phi) is 26.5. The average Bonchev–Trinajstić information content (AvgIpc) is 1.81. The number of H-pyrrole nitrogens is 3. The average molecular weight is 1400 g/mol. The number of nitrogens with one attached hydrogen (secondary N) is 12. The number of carboxylic acids is 1. The second-order valence-corrected chi connectivity index (χ2v) is 26.5. The zero-order chi connectivity index (χ0) is 71.3. The van der Waals surface area contributed by atoms with E-state index in [0.29, 0.717) is 64.2 Å². The highest BCUT2D eigenvalue weighted by atomic mass is 32.2. The number of aromatic hydroxyl groups is 1. The molecule has 526 valence electrons. The summed E-state index contributed by atoms with van der Waals surface area (Å²) in [5.41, 5.74) is 13.6. The number of primary amides is 1. The molecule has 4 heterocycles. The molecule has 1 aliphatic rings. The van der Waals surface area contributed by atoms with Gasteiger partial charge in [-0.25, -0.2) is 13.8 Å². The molecule has 0 saturated heterocycles. The number of unbranched alkanes of at least 4 members (excludes halogenated alkanes) is 1. The first-order chi connectivity index (χ1) is 47.3. The summed E-state index contributed by atoms with van der Waals surface area (Å²) in [6.07, 6.45) is 3.86. The lowest BCUT2D eigenvalue weighted by Gasteiger charge is -2.30. The maximum atomic E-state index is 15.0. The van der Waals surface area contributed by atoms with Crippen LogP contribution in [0.2, 0.25) is 0 Å². The minimum absolute atomic E-state index is 0.00430. The molecule has 0 unspecified atom stereocenters. The molecule has 32 heteroatoms. The minimum Gasteiger partial charge on any atom is -0.508 e. The summed E-state index contributed by atoms with van der Waals surface area (Å²) in [7, 11) is 0. The Morgan fingerprint density at radius 1 is 0.616 bits per heavy atom. The lowest BCUT2D eigenvalue weighted by atomic mass is 9.99. The molecule has 0 radical (unpaired) electrons. The summed E-state index contributed by atoms with van der Waals surface area (Å²) in [5, 5.41) is 44.2. The van der Waals surface area contributed by atoms with Crippen LogP contribution in [-0.4, -0.2) is 168 Å². The number of carboxylic acid groups (broad SMARTS) is 1. The highest BCUT2D eigenvalue weighted by Crippen LogP contribution is 2.25. The molecule has 28 nitrogen and oxygen atoms in total. The number of fused-ring (bicyclic) bond motifs is 4. The van der Waals surface area contributed by atoms with Crippen LogP contribution in [0.1, 0.15) is 79.5 Å². The number of aliphatic carboxylic acids is 1. The summed E-state index contributed by atoms with van der Waals surface area (Å²) in [6, 6.07) is 9.61. The van der Waals surface area contributed by atoms with E-state index in [1.807, 2.05) is 24.3 Å². The van der Waals surface area contributed by atoms with E-state index in [0.717, 1.165) is 17.2 Å². The number of nitrogens with zero attached hydrogens (tertiary/aromatic N) is 1. The Morgan fingerprint density at radius 3 is 1.75 bits per heavy atom. The molecule has 0 saturated carbocycles. The summed E-state index contributed by atoms with van der Waals surface area (Å²) >= 11 is 2.75. The minimum atomic E-state index is -2.06. The highest BCUT2D eigenvalue weighted by Gasteiger charge is 2.38. The zero-order valence-corrected chi connectivity index (χ0v) is 55.7. The van der Waals surface area contributed by atoms with Crippen LogP contribution in [0.3, 0.4) is 0 Å². The van der Waals surface area contributed by atoms with Gasteiger partial charge in [-0.1, -0.05) is 36.4 Å². The van der Waals surface area contributed by atoms with Crippen LogP contribution in [-0.2, 0) is 89.9 Å². The van der Waals surface area contributed by atoms with Gasteiger partial charge in [0.05, 0.1) is 19.3 Å². The number of thioether (sulfide) groups is 2. The number of halogens is 2. The third-order valence-electron chi connectivity index (χ3n) is 16.2. The van der Waals surface area contributed by atoms with Crippen molar-refractivity contribution in [1.82, 2.24) is 67.8 Å². The van der Waals surface area contributed by atoms with E-state index in [1.165, 1.54) is 117 Å². The highest BCUT2D eigenvalue weighted by molar-refractivity contribution is 7.98. The fourth-order valence-electron chi connectivity index (χ4n) is 10.9. The van der Waals surface area contributed by atoms with Crippen molar-refractivity contribution in [2.45, 2.75) is 131 Å². The second kappa shape index (κ2) is 35.2. The number of aromatic nitrogens is 4. The van der Waals surface area contributed by atoms with Gasteiger partial charge in [-0.2, -0.15) is 23.5 Å². The quantitative estimate of drug-likeness (QED) is 0.0650. The van der Waals surface area contributed by atoms with Gasteiger partial charge >= 0.3 is 5.97 Å². The monoisotopic (exact) mass is 1400 g/mol. The molecular weight excluding hydrogens is 1320 g/mol. The van der Waals surface area contributed by atoms with Crippen LogP contribution in [0.4, 0.5) is 8.78 Å². The lowest BCUT2D eigenvalue weighted by molar-refractivity contribution is -0.141. The van der Waals surface area contributed by atoms with Crippen molar-refractivity contribution in [1.29, 1.82) is 0 Å². The van der Waals surface area contributed by atoms with Gasteiger partial charge in [-0.3, -0.25) is 52.7 Å². The first-order valence-corrected chi connectivity index (χ1v) is 34.0. The number of hydrogen-bond acceptors (Lipinski definition) is 16. The van der Waals surface area contributed by atoms with Crippen LogP contribution < -0.4 is 59.3 Å². The number of rotatable bonds is 15. The van der Waals surface area contributed by atoms with Gasteiger partial charge in [0.15, 0.2) is 0 Å². The SMILES string of the molecule is CC1(C)NC(=O)[C@H](Cc2ccc(O)cc2)NC(=O)[C@H](Cc2cnc[nH]2)NC(=O)[C@H](CC(=O)O)NC(=O)[C@H](Cc2c[nH]c3ccc(F)cc23)NC(=O)[C@H](Cc2c[nH]c3ccc(F)cc23)NC(=O)CNC(=O)[C@H](CCCCN)NC(=O)CCSCc2cccc(c2)CSC[C@@H](C(N)=O)NC1=O. The van der Waals surface area contributed by atoms with Crippen LogP contribution in [0, 0.1) is 11.6 Å². The Morgan fingerprint density at radius 2 is 1.17 bits per heavy atom. The molecule has 4 aromatic carbocycles. The fraction of sp³-hybridized carbons (Fsp3) is 0.373. The van der Waals surface area contributed by atoms with Gasteiger partial charge in [0.1, 0.15) is 65.2 Å². The molecule has 8 rings (SSSR count). The summed E-state index contributed by atoms with van der Waals surface area (Å²) in [4.78, 5) is 168. The van der Waals surface area contributed by atoms with Gasteiger partial charge in [0.2, 0.25) is 59.1 Å². The molecule has 18 N–H and O–H groups in total. The predicted octanol–water partition coefficient (Wildman–Crippen LogP) is 1.69. The number of carbonyl (C=O) groups is 11. The first-order valence-electron chi connectivity index (χ1n) is 31.7. The summed E-state index contributed by atoms with van der Waals surface area (Å²) < 4.78 is 29.8. The van der Waals surface area contributed by atoms with Crippen molar-refractivity contribution in [2.75, 3.05) is 24.6 Å². The van der Waals surface area contributed by atoms with E-state index in [4.69, 9.17) is 11.5 Å². The Balaban J connectivity index is 1.14. The molecule has 0 spiro atoms. The van der Waals surface area contributed by atoms with E-state index in [9.17, 15) is 66.9 Å². The predicted molar refractivity (Wildman–Crippen MR) is 365 cm³/mol. The topological polar surface area (TPSA) is 449 Å². The number of imidazole rings is 1. The van der Waals surface area contributed by atoms with E-state index in [2.05, 4.69) is 67.8 Å². The van der Waals surface area contributed by atoms with Crippen LogP contribution >= 0.6 is 23.5 Å². The second-order valence-electron chi connectivity index (χ2n) is 24.3. The molecule has 1 aliphatic heterocycles. The molecule has 99 heavy (non-hydrogen) atoms. The molecule has 10 amide bonds.